The number of ether oxygens (including phenoxy) is 1. The number of nitrogens with zero attached hydrogens (tertiary/aromatic N) is 1. The van der Waals surface area contributed by atoms with Gasteiger partial charge in [-0.15, -0.1) is 0 Å². The number of ketones is 1. The van der Waals surface area contributed by atoms with Gasteiger partial charge in [-0.2, -0.15) is 0 Å². The highest BCUT2D eigenvalue weighted by atomic mass is 16.5. The van der Waals surface area contributed by atoms with E-state index in [9.17, 15) is 9.59 Å². The van der Waals surface area contributed by atoms with Crippen LogP contribution in [0.2, 0.25) is 0 Å². The molecule has 114 valence electrons. The first-order valence-corrected chi connectivity index (χ1v) is 7.32. The maximum absolute atomic E-state index is 12.4. The Morgan fingerprint density at radius 1 is 1.38 bits per heavy atom. The number of aliphatic carboxylic acids is 1. The number of carboxylic acids is 1. The Bertz CT molecular complexity index is 515. The van der Waals surface area contributed by atoms with E-state index in [-0.39, 0.29) is 18.2 Å². The Morgan fingerprint density at radius 3 is 2.86 bits per heavy atom. The molecule has 1 atom stereocenters. The van der Waals surface area contributed by atoms with Crippen LogP contribution in [-0.4, -0.2) is 48.0 Å². The fourth-order valence-corrected chi connectivity index (χ4v) is 2.67. The molecule has 1 fully saturated rings. The molecule has 0 aromatic heterocycles. The van der Waals surface area contributed by atoms with Crippen molar-refractivity contribution in [3.63, 3.8) is 0 Å². The van der Waals surface area contributed by atoms with Crippen LogP contribution in [0.25, 0.3) is 0 Å². The van der Waals surface area contributed by atoms with Gasteiger partial charge in [0.25, 0.3) is 0 Å². The first kappa shape index (κ1) is 15.5. The minimum atomic E-state index is -0.776. The molecule has 0 amide bonds. The van der Waals surface area contributed by atoms with Crippen LogP contribution in [0, 0.1) is 5.92 Å². The predicted molar refractivity (Wildman–Crippen MR) is 78.7 cm³/mol. The zero-order chi connectivity index (χ0) is 15.2. The van der Waals surface area contributed by atoms with Crippen molar-refractivity contribution in [3.05, 3.63) is 29.8 Å². The van der Waals surface area contributed by atoms with Crippen molar-refractivity contribution < 1.29 is 19.4 Å². The van der Waals surface area contributed by atoms with Gasteiger partial charge in [-0.3, -0.25) is 14.5 Å². The van der Waals surface area contributed by atoms with E-state index in [1.165, 1.54) is 0 Å². The molecule has 1 aromatic carbocycles. The topological polar surface area (TPSA) is 66.8 Å². The Balaban J connectivity index is 2.02. The molecule has 1 N–H and O–H groups in total. The molecule has 0 bridgehead atoms. The number of Topliss-reactive ketones (excluding diaryl/α,β-unsaturated/α-hetero) is 1. The van der Waals surface area contributed by atoms with Crippen LogP contribution in [0.1, 0.15) is 30.1 Å². The van der Waals surface area contributed by atoms with Crippen molar-refractivity contribution in [2.45, 2.75) is 19.8 Å². The number of carbonyl (C=O) groups excluding carboxylic acids is 1. The highest BCUT2D eigenvalue weighted by Gasteiger charge is 2.27. The number of para-hydroxylation sites is 1. The molecule has 1 heterocycles. The third-order valence-corrected chi connectivity index (χ3v) is 3.71. The fraction of sp³-hybridized carbons (Fsp3) is 0.500. The summed E-state index contributed by atoms with van der Waals surface area (Å²) in [6.07, 6.45) is 1.51. The van der Waals surface area contributed by atoms with E-state index >= 15 is 0 Å². The monoisotopic (exact) mass is 291 g/mol. The lowest BCUT2D eigenvalue weighted by Gasteiger charge is -2.30. The van der Waals surface area contributed by atoms with Gasteiger partial charge in [0.2, 0.25) is 0 Å². The molecule has 21 heavy (non-hydrogen) atoms. The maximum Gasteiger partial charge on any atom is 0.307 e. The molecular formula is C16H21NO4. The molecule has 0 spiro atoms. The maximum atomic E-state index is 12.4. The van der Waals surface area contributed by atoms with Gasteiger partial charge in [0, 0.05) is 6.54 Å². The van der Waals surface area contributed by atoms with Crippen molar-refractivity contribution in [1.29, 1.82) is 0 Å². The molecule has 1 aliphatic heterocycles. The van der Waals surface area contributed by atoms with Crippen molar-refractivity contribution in [2.75, 3.05) is 26.2 Å². The third kappa shape index (κ3) is 4.04. The number of hydrogen-bond donors (Lipinski definition) is 1. The zero-order valence-electron chi connectivity index (χ0n) is 12.2. The lowest BCUT2D eigenvalue weighted by Crippen LogP contribution is -2.41. The van der Waals surface area contributed by atoms with E-state index < -0.39 is 5.97 Å². The van der Waals surface area contributed by atoms with Crippen molar-refractivity contribution in [3.8, 4) is 5.75 Å². The molecule has 1 saturated heterocycles. The largest absolute Gasteiger partial charge is 0.493 e. The molecule has 0 saturated carbocycles. The minimum Gasteiger partial charge on any atom is -0.493 e. The van der Waals surface area contributed by atoms with E-state index in [0.29, 0.717) is 30.9 Å². The van der Waals surface area contributed by atoms with Crippen molar-refractivity contribution in [1.82, 2.24) is 4.90 Å². The van der Waals surface area contributed by atoms with Crippen molar-refractivity contribution >= 4 is 11.8 Å². The number of hydrogen-bond acceptors (Lipinski definition) is 4. The summed E-state index contributed by atoms with van der Waals surface area (Å²) < 4.78 is 5.47. The average Bonchev–Trinajstić information content (AvgIpc) is 2.48. The Labute approximate surface area is 124 Å². The van der Waals surface area contributed by atoms with E-state index in [1.807, 2.05) is 24.0 Å². The van der Waals surface area contributed by atoms with Crippen molar-refractivity contribution in [2.24, 2.45) is 5.92 Å². The summed E-state index contributed by atoms with van der Waals surface area (Å²) >= 11 is 0. The molecule has 1 aliphatic rings. The van der Waals surface area contributed by atoms with Crippen LogP contribution < -0.4 is 4.74 Å². The summed E-state index contributed by atoms with van der Waals surface area (Å²) in [5.74, 6) is -0.572. The fourth-order valence-electron chi connectivity index (χ4n) is 2.67. The number of carbonyl (C=O) groups is 2. The Kier molecular flexibility index (Phi) is 5.33. The molecule has 1 unspecified atom stereocenters. The summed E-state index contributed by atoms with van der Waals surface area (Å²) in [5, 5.41) is 9.09. The lowest BCUT2D eigenvalue weighted by molar-refractivity contribution is -0.143. The number of carboxylic acid groups (broad SMARTS) is 1. The zero-order valence-corrected chi connectivity index (χ0v) is 12.2. The highest BCUT2D eigenvalue weighted by molar-refractivity contribution is 6.00. The Hall–Kier alpha value is -1.88. The summed E-state index contributed by atoms with van der Waals surface area (Å²) in [5.41, 5.74) is 0.566. The quantitative estimate of drug-likeness (QED) is 0.813. The lowest BCUT2D eigenvalue weighted by atomic mass is 9.97. The van der Waals surface area contributed by atoms with E-state index in [0.717, 1.165) is 13.0 Å². The molecule has 5 heteroatoms. The minimum absolute atomic E-state index is 0.0231. The van der Waals surface area contributed by atoms with Crippen LogP contribution in [0.3, 0.4) is 0 Å². The van der Waals surface area contributed by atoms with Gasteiger partial charge in [-0.05, 0) is 38.4 Å². The van der Waals surface area contributed by atoms with Gasteiger partial charge >= 0.3 is 5.97 Å². The summed E-state index contributed by atoms with van der Waals surface area (Å²) in [6.45, 7) is 3.84. The standard InChI is InChI=1S/C16H21NO4/c1-2-21-15-8-4-3-7-13(15)14(18)11-17-9-5-6-12(10-17)16(19)20/h3-4,7-8,12H,2,5-6,9-11H2,1H3,(H,19,20). The summed E-state index contributed by atoms with van der Waals surface area (Å²) in [4.78, 5) is 25.4. The predicted octanol–water partition coefficient (Wildman–Crippen LogP) is 2.06. The van der Waals surface area contributed by atoms with Crippen LogP contribution in [0.15, 0.2) is 24.3 Å². The van der Waals surface area contributed by atoms with Gasteiger partial charge in [0.05, 0.1) is 24.6 Å². The van der Waals surface area contributed by atoms with Gasteiger partial charge in [-0.25, -0.2) is 0 Å². The number of rotatable bonds is 6. The smallest absolute Gasteiger partial charge is 0.307 e. The molecule has 0 aliphatic carbocycles. The highest BCUT2D eigenvalue weighted by Crippen LogP contribution is 2.21. The molecular weight excluding hydrogens is 270 g/mol. The van der Waals surface area contributed by atoms with Crippen LogP contribution in [0.5, 0.6) is 5.75 Å². The number of benzene rings is 1. The first-order valence-electron chi connectivity index (χ1n) is 7.32. The van der Waals surface area contributed by atoms with Crippen LogP contribution >= 0.6 is 0 Å². The first-order chi connectivity index (χ1) is 10.1. The van der Waals surface area contributed by atoms with Crippen LogP contribution in [-0.2, 0) is 4.79 Å². The summed E-state index contributed by atoms with van der Waals surface area (Å²) in [6, 6.07) is 7.19. The molecule has 2 rings (SSSR count). The van der Waals surface area contributed by atoms with E-state index in [4.69, 9.17) is 9.84 Å². The van der Waals surface area contributed by atoms with Gasteiger partial charge in [-0.1, -0.05) is 12.1 Å². The average molecular weight is 291 g/mol. The van der Waals surface area contributed by atoms with E-state index in [1.54, 1.807) is 12.1 Å². The summed E-state index contributed by atoms with van der Waals surface area (Å²) in [7, 11) is 0. The molecule has 0 radical (unpaired) electrons. The second-order valence-electron chi connectivity index (χ2n) is 5.26. The normalized spacial score (nSPS) is 19.2. The third-order valence-electron chi connectivity index (χ3n) is 3.71. The second-order valence-corrected chi connectivity index (χ2v) is 5.26. The molecule has 1 aromatic rings. The second kappa shape index (κ2) is 7.22. The number of likely N-dealkylation sites (tertiary alicyclic amines) is 1. The molecule has 5 nitrogen and oxygen atoms in total. The number of piperidine rings is 1. The van der Waals surface area contributed by atoms with Gasteiger partial charge < -0.3 is 9.84 Å². The van der Waals surface area contributed by atoms with Gasteiger partial charge in [0.1, 0.15) is 5.75 Å². The SMILES string of the molecule is CCOc1ccccc1C(=O)CN1CCCC(C(=O)O)C1. The van der Waals surface area contributed by atoms with E-state index in [2.05, 4.69) is 0 Å². The Morgan fingerprint density at radius 2 is 2.14 bits per heavy atom. The van der Waals surface area contributed by atoms with Crippen LogP contribution in [0.4, 0.5) is 0 Å². The van der Waals surface area contributed by atoms with Gasteiger partial charge in [0.15, 0.2) is 5.78 Å².